The molecule has 3 heteroatoms. The Morgan fingerprint density at radius 1 is 1.37 bits per heavy atom. The molecule has 2 atom stereocenters. The molecule has 19 heavy (non-hydrogen) atoms. The molecule has 1 fully saturated rings. The molecule has 0 aliphatic carbocycles. The number of hydrogen-bond acceptors (Lipinski definition) is 2. The molecule has 0 bridgehead atoms. The maximum Gasteiger partial charge on any atom is 0.222 e. The molecule has 0 spiro atoms. The molecular weight excluding hydrogens is 236 g/mol. The first kappa shape index (κ1) is 14.1. The number of benzene rings is 1. The first-order valence-electron chi connectivity index (χ1n) is 7.14. The monoisotopic (exact) mass is 260 g/mol. The Hall–Kier alpha value is -1.35. The first-order chi connectivity index (χ1) is 9.18. The lowest BCUT2D eigenvalue weighted by Crippen LogP contribution is -2.35. The van der Waals surface area contributed by atoms with Crippen molar-refractivity contribution in [2.45, 2.75) is 25.2 Å². The van der Waals surface area contributed by atoms with E-state index >= 15 is 0 Å². The second-order valence-electron chi connectivity index (χ2n) is 5.62. The molecule has 104 valence electrons. The molecule has 0 aromatic heterocycles. The Morgan fingerprint density at radius 3 is 2.68 bits per heavy atom. The standard InChI is InChI=1S/C16H24N2O/c1-18(2)16(19)11-15(13-7-4-3-5-8-13)14-9-6-10-17-12-14/h3-5,7-8,14-15,17H,6,9-12H2,1-2H3/t14-,15-/m0/s1. The highest BCUT2D eigenvalue weighted by Crippen LogP contribution is 2.32. The zero-order chi connectivity index (χ0) is 13.7. The van der Waals surface area contributed by atoms with Crippen molar-refractivity contribution in [1.82, 2.24) is 10.2 Å². The molecule has 0 unspecified atom stereocenters. The van der Waals surface area contributed by atoms with E-state index in [1.54, 1.807) is 4.90 Å². The highest BCUT2D eigenvalue weighted by molar-refractivity contribution is 5.76. The number of piperidine rings is 1. The fraction of sp³-hybridized carbons (Fsp3) is 0.562. The van der Waals surface area contributed by atoms with Crippen molar-refractivity contribution in [1.29, 1.82) is 0 Å². The summed E-state index contributed by atoms with van der Waals surface area (Å²) in [6.07, 6.45) is 3.04. The van der Waals surface area contributed by atoms with Gasteiger partial charge in [-0.2, -0.15) is 0 Å². The largest absolute Gasteiger partial charge is 0.349 e. The van der Waals surface area contributed by atoms with E-state index in [1.165, 1.54) is 18.4 Å². The van der Waals surface area contributed by atoms with Gasteiger partial charge in [0.15, 0.2) is 0 Å². The van der Waals surface area contributed by atoms with Crippen LogP contribution >= 0.6 is 0 Å². The Bertz CT molecular complexity index is 396. The van der Waals surface area contributed by atoms with E-state index in [4.69, 9.17) is 0 Å². The molecule has 0 saturated carbocycles. The highest BCUT2D eigenvalue weighted by Gasteiger charge is 2.27. The smallest absolute Gasteiger partial charge is 0.222 e. The molecule has 1 aliphatic rings. The number of rotatable bonds is 4. The Labute approximate surface area is 116 Å². The molecule has 1 N–H and O–H groups in total. The van der Waals surface area contributed by atoms with Gasteiger partial charge in [-0.15, -0.1) is 0 Å². The van der Waals surface area contributed by atoms with Gasteiger partial charge in [0, 0.05) is 20.5 Å². The topological polar surface area (TPSA) is 32.3 Å². The number of carbonyl (C=O) groups is 1. The SMILES string of the molecule is CN(C)C(=O)C[C@@H](c1ccccc1)[C@H]1CCCNC1. The predicted molar refractivity (Wildman–Crippen MR) is 78.1 cm³/mol. The number of nitrogens with zero attached hydrogens (tertiary/aromatic N) is 1. The molecule has 0 radical (unpaired) electrons. The molecule has 1 heterocycles. The van der Waals surface area contributed by atoms with Gasteiger partial charge in [-0.3, -0.25) is 4.79 Å². The van der Waals surface area contributed by atoms with Crippen molar-refractivity contribution in [3.63, 3.8) is 0 Å². The van der Waals surface area contributed by atoms with E-state index in [0.717, 1.165) is 13.1 Å². The first-order valence-corrected chi connectivity index (χ1v) is 7.14. The Balaban J connectivity index is 2.15. The normalized spacial score (nSPS) is 20.8. The van der Waals surface area contributed by atoms with E-state index in [-0.39, 0.29) is 5.91 Å². The number of hydrogen-bond donors (Lipinski definition) is 1. The van der Waals surface area contributed by atoms with Crippen LogP contribution in [0.3, 0.4) is 0 Å². The average Bonchev–Trinajstić information content (AvgIpc) is 2.46. The lowest BCUT2D eigenvalue weighted by atomic mass is 9.79. The average molecular weight is 260 g/mol. The van der Waals surface area contributed by atoms with Crippen molar-refractivity contribution < 1.29 is 4.79 Å². The van der Waals surface area contributed by atoms with Gasteiger partial charge in [-0.25, -0.2) is 0 Å². The maximum atomic E-state index is 12.1. The van der Waals surface area contributed by atoms with Crippen molar-refractivity contribution in [2.24, 2.45) is 5.92 Å². The van der Waals surface area contributed by atoms with E-state index in [9.17, 15) is 4.79 Å². The van der Waals surface area contributed by atoms with Gasteiger partial charge in [0.2, 0.25) is 5.91 Å². The fourth-order valence-corrected chi connectivity index (χ4v) is 2.85. The summed E-state index contributed by atoms with van der Waals surface area (Å²) in [5, 5.41) is 3.46. The molecule has 1 aromatic carbocycles. The van der Waals surface area contributed by atoms with Crippen LogP contribution in [-0.2, 0) is 4.79 Å². The van der Waals surface area contributed by atoms with Gasteiger partial charge in [0.05, 0.1) is 0 Å². The number of nitrogens with one attached hydrogen (secondary N) is 1. The molecule has 1 saturated heterocycles. The van der Waals surface area contributed by atoms with Crippen LogP contribution in [0.4, 0.5) is 0 Å². The summed E-state index contributed by atoms with van der Waals surface area (Å²) in [4.78, 5) is 13.8. The minimum atomic E-state index is 0.222. The molecule has 2 rings (SSSR count). The van der Waals surface area contributed by atoms with Crippen molar-refractivity contribution in [3.05, 3.63) is 35.9 Å². The summed E-state index contributed by atoms with van der Waals surface area (Å²) >= 11 is 0. The van der Waals surface area contributed by atoms with Crippen LogP contribution < -0.4 is 5.32 Å². The van der Waals surface area contributed by atoms with E-state index < -0.39 is 0 Å². The minimum absolute atomic E-state index is 0.222. The van der Waals surface area contributed by atoms with Crippen LogP contribution in [0.2, 0.25) is 0 Å². The van der Waals surface area contributed by atoms with Gasteiger partial charge in [-0.1, -0.05) is 30.3 Å². The van der Waals surface area contributed by atoms with Gasteiger partial charge in [-0.05, 0) is 43.3 Å². The third kappa shape index (κ3) is 3.80. The second kappa shape index (κ2) is 6.71. The van der Waals surface area contributed by atoms with Crippen LogP contribution in [0, 0.1) is 5.92 Å². The summed E-state index contributed by atoms with van der Waals surface area (Å²) in [5.41, 5.74) is 1.30. The van der Waals surface area contributed by atoms with Crippen LogP contribution in [0.5, 0.6) is 0 Å². The van der Waals surface area contributed by atoms with Crippen LogP contribution in [0.15, 0.2) is 30.3 Å². The molecule has 1 amide bonds. The summed E-state index contributed by atoms with van der Waals surface area (Å²) in [6, 6.07) is 10.5. The van der Waals surface area contributed by atoms with Gasteiger partial charge in [0.1, 0.15) is 0 Å². The fourth-order valence-electron chi connectivity index (χ4n) is 2.85. The van der Waals surface area contributed by atoms with Gasteiger partial charge in [0.25, 0.3) is 0 Å². The zero-order valence-electron chi connectivity index (χ0n) is 11.9. The van der Waals surface area contributed by atoms with Crippen LogP contribution in [0.1, 0.15) is 30.7 Å². The van der Waals surface area contributed by atoms with Crippen molar-refractivity contribution in [3.8, 4) is 0 Å². The third-order valence-corrected chi connectivity index (χ3v) is 4.03. The minimum Gasteiger partial charge on any atom is -0.349 e. The Kier molecular flexibility index (Phi) is 4.97. The predicted octanol–water partition coefficient (Wildman–Crippen LogP) is 2.25. The molecule has 1 aliphatic heterocycles. The number of amides is 1. The molecule has 3 nitrogen and oxygen atoms in total. The lowest BCUT2D eigenvalue weighted by molar-refractivity contribution is -0.129. The van der Waals surface area contributed by atoms with E-state index in [0.29, 0.717) is 18.3 Å². The summed E-state index contributed by atoms with van der Waals surface area (Å²) < 4.78 is 0. The quantitative estimate of drug-likeness (QED) is 0.900. The summed E-state index contributed by atoms with van der Waals surface area (Å²) in [5.74, 6) is 1.13. The Morgan fingerprint density at radius 2 is 2.11 bits per heavy atom. The third-order valence-electron chi connectivity index (χ3n) is 4.03. The highest BCUT2D eigenvalue weighted by atomic mass is 16.2. The van der Waals surface area contributed by atoms with Gasteiger partial charge < -0.3 is 10.2 Å². The lowest BCUT2D eigenvalue weighted by Gasteiger charge is -2.31. The van der Waals surface area contributed by atoms with Crippen molar-refractivity contribution in [2.75, 3.05) is 27.2 Å². The zero-order valence-corrected chi connectivity index (χ0v) is 11.9. The van der Waals surface area contributed by atoms with E-state index in [1.807, 2.05) is 20.2 Å². The maximum absolute atomic E-state index is 12.1. The number of carbonyl (C=O) groups excluding carboxylic acids is 1. The van der Waals surface area contributed by atoms with Gasteiger partial charge >= 0.3 is 0 Å². The molecule has 1 aromatic rings. The van der Waals surface area contributed by atoms with Crippen LogP contribution in [0.25, 0.3) is 0 Å². The summed E-state index contributed by atoms with van der Waals surface area (Å²) in [7, 11) is 3.67. The summed E-state index contributed by atoms with van der Waals surface area (Å²) in [6.45, 7) is 2.14. The second-order valence-corrected chi connectivity index (χ2v) is 5.62. The van der Waals surface area contributed by atoms with Crippen LogP contribution in [-0.4, -0.2) is 38.0 Å². The van der Waals surface area contributed by atoms with E-state index in [2.05, 4.69) is 29.6 Å². The molecular formula is C16H24N2O. The van der Waals surface area contributed by atoms with Crippen molar-refractivity contribution >= 4 is 5.91 Å².